The van der Waals surface area contributed by atoms with E-state index in [1.165, 1.54) is 6.08 Å². The number of ether oxygens (including phenoxy) is 1. The highest BCUT2D eigenvalue weighted by atomic mass is 16.5. The molecule has 0 aliphatic carbocycles. The zero-order chi connectivity index (χ0) is 24.1. The molecule has 0 spiro atoms. The first-order valence-corrected chi connectivity index (χ1v) is 11.2. The summed E-state index contributed by atoms with van der Waals surface area (Å²) >= 11 is 0. The summed E-state index contributed by atoms with van der Waals surface area (Å²) in [6.07, 6.45) is 9.89. The van der Waals surface area contributed by atoms with Gasteiger partial charge in [-0.25, -0.2) is 4.98 Å². The van der Waals surface area contributed by atoms with Crippen molar-refractivity contribution in [2.24, 2.45) is 0 Å². The van der Waals surface area contributed by atoms with Crippen LogP contribution in [0.3, 0.4) is 0 Å². The van der Waals surface area contributed by atoms with Gasteiger partial charge in [0.15, 0.2) is 0 Å². The van der Waals surface area contributed by atoms with Crippen molar-refractivity contribution in [1.29, 1.82) is 0 Å². The topological polar surface area (TPSA) is 83.1 Å². The van der Waals surface area contributed by atoms with E-state index in [9.17, 15) is 4.79 Å². The molecule has 0 radical (unpaired) electrons. The third-order valence-corrected chi connectivity index (χ3v) is 5.50. The zero-order valence-electron chi connectivity index (χ0n) is 19.9. The maximum absolute atomic E-state index is 12.4. The van der Waals surface area contributed by atoms with Gasteiger partial charge >= 0.3 is 0 Å². The Labute approximate surface area is 199 Å². The summed E-state index contributed by atoms with van der Waals surface area (Å²) in [6, 6.07) is 11.9. The highest BCUT2D eigenvalue weighted by Gasteiger charge is 2.12. The molecule has 3 heterocycles. The first-order valence-electron chi connectivity index (χ1n) is 11.2. The largest absolute Gasteiger partial charge is 0.497 e. The van der Waals surface area contributed by atoms with Crippen LogP contribution in [0.1, 0.15) is 12.6 Å². The standard InChI is InChI=1S/C27H29N5O2/c1-5-21-11-18(8-9-28-21)25-17-30-27-24(25)14-20(16-29-27)19-12-22(15-23(13-19)34-4)31-26(33)7-6-10-32(2)3/h6-9,11-17H,5,10H2,1-4H3,(H,29,30)(H,31,33)/b7-6+. The van der Waals surface area contributed by atoms with E-state index in [0.717, 1.165) is 45.4 Å². The van der Waals surface area contributed by atoms with Gasteiger partial charge in [-0.1, -0.05) is 13.0 Å². The minimum Gasteiger partial charge on any atom is -0.497 e. The van der Waals surface area contributed by atoms with Crippen molar-refractivity contribution >= 4 is 22.6 Å². The van der Waals surface area contributed by atoms with Gasteiger partial charge in [0.05, 0.1) is 7.11 Å². The number of carbonyl (C=O) groups excluding carboxylic acids is 1. The second-order valence-electron chi connectivity index (χ2n) is 8.32. The number of H-pyrrole nitrogens is 1. The lowest BCUT2D eigenvalue weighted by molar-refractivity contribution is -0.111. The molecular weight excluding hydrogens is 426 g/mol. The number of hydrogen-bond acceptors (Lipinski definition) is 5. The van der Waals surface area contributed by atoms with E-state index in [4.69, 9.17) is 4.74 Å². The van der Waals surface area contributed by atoms with Gasteiger partial charge in [0, 0.05) is 65.2 Å². The molecule has 1 amide bonds. The number of carbonyl (C=O) groups is 1. The Morgan fingerprint density at radius 1 is 1.12 bits per heavy atom. The Morgan fingerprint density at radius 2 is 1.97 bits per heavy atom. The number of amides is 1. The van der Waals surface area contributed by atoms with Gasteiger partial charge in [-0.2, -0.15) is 0 Å². The van der Waals surface area contributed by atoms with Crippen molar-refractivity contribution in [2.75, 3.05) is 33.1 Å². The van der Waals surface area contributed by atoms with Crippen molar-refractivity contribution < 1.29 is 9.53 Å². The number of hydrogen-bond donors (Lipinski definition) is 2. The number of anilines is 1. The lowest BCUT2D eigenvalue weighted by atomic mass is 10.0. The van der Waals surface area contributed by atoms with Gasteiger partial charge < -0.3 is 19.9 Å². The minimum atomic E-state index is -0.188. The van der Waals surface area contributed by atoms with Gasteiger partial charge in [-0.3, -0.25) is 9.78 Å². The van der Waals surface area contributed by atoms with Crippen LogP contribution in [0, 0.1) is 0 Å². The maximum Gasteiger partial charge on any atom is 0.248 e. The molecule has 0 saturated heterocycles. The van der Waals surface area contributed by atoms with E-state index in [-0.39, 0.29) is 5.91 Å². The van der Waals surface area contributed by atoms with Crippen LogP contribution >= 0.6 is 0 Å². The number of methoxy groups -OCH3 is 1. The van der Waals surface area contributed by atoms with Gasteiger partial charge in [0.1, 0.15) is 11.4 Å². The monoisotopic (exact) mass is 455 g/mol. The smallest absolute Gasteiger partial charge is 0.248 e. The quantitative estimate of drug-likeness (QED) is 0.369. The summed E-state index contributed by atoms with van der Waals surface area (Å²) in [5, 5.41) is 3.94. The van der Waals surface area contributed by atoms with Gasteiger partial charge in [0.25, 0.3) is 0 Å². The lowest BCUT2D eigenvalue weighted by Crippen LogP contribution is -2.13. The number of pyridine rings is 2. The van der Waals surface area contributed by atoms with Crippen LogP contribution < -0.4 is 10.1 Å². The molecule has 0 saturated carbocycles. The Morgan fingerprint density at radius 3 is 2.74 bits per heavy atom. The second kappa shape index (κ2) is 10.3. The average molecular weight is 456 g/mol. The molecule has 34 heavy (non-hydrogen) atoms. The second-order valence-corrected chi connectivity index (χ2v) is 8.32. The summed E-state index contributed by atoms with van der Waals surface area (Å²) in [6.45, 7) is 2.79. The van der Waals surface area contributed by atoms with Crippen LogP contribution in [-0.2, 0) is 11.2 Å². The molecule has 174 valence electrons. The van der Waals surface area contributed by atoms with Crippen LogP contribution in [-0.4, -0.2) is 53.5 Å². The molecule has 0 bridgehead atoms. The van der Waals surface area contributed by atoms with E-state index in [0.29, 0.717) is 18.0 Å². The normalized spacial score (nSPS) is 11.4. The predicted octanol–water partition coefficient (Wildman–Crippen LogP) is 4.92. The third-order valence-electron chi connectivity index (χ3n) is 5.50. The van der Waals surface area contributed by atoms with Crippen LogP contribution in [0.5, 0.6) is 5.75 Å². The number of nitrogens with zero attached hydrogens (tertiary/aromatic N) is 3. The molecule has 4 aromatic rings. The lowest BCUT2D eigenvalue weighted by Gasteiger charge is -2.10. The fourth-order valence-corrected chi connectivity index (χ4v) is 3.75. The number of rotatable bonds is 8. The van der Waals surface area contributed by atoms with Gasteiger partial charge in [0.2, 0.25) is 5.91 Å². The molecule has 0 aliphatic rings. The van der Waals surface area contributed by atoms with Crippen molar-refractivity contribution in [2.45, 2.75) is 13.3 Å². The van der Waals surface area contributed by atoms with Crippen LogP contribution in [0.4, 0.5) is 5.69 Å². The van der Waals surface area contributed by atoms with E-state index < -0.39 is 0 Å². The zero-order valence-corrected chi connectivity index (χ0v) is 19.9. The number of benzene rings is 1. The van der Waals surface area contributed by atoms with E-state index in [2.05, 4.69) is 39.3 Å². The Hall–Kier alpha value is -3.97. The first-order chi connectivity index (χ1) is 16.5. The molecule has 0 unspecified atom stereocenters. The summed E-state index contributed by atoms with van der Waals surface area (Å²) < 4.78 is 5.49. The highest BCUT2D eigenvalue weighted by molar-refractivity contribution is 6.00. The summed E-state index contributed by atoms with van der Waals surface area (Å²) in [5.41, 5.74) is 6.52. The molecule has 0 atom stereocenters. The summed E-state index contributed by atoms with van der Waals surface area (Å²) in [5.74, 6) is 0.466. The molecule has 7 nitrogen and oxygen atoms in total. The van der Waals surface area contributed by atoms with Crippen molar-refractivity contribution in [3.8, 4) is 28.0 Å². The van der Waals surface area contributed by atoms with E-state index in [1.54, 1.807) is 13.2 Å². The first kappa shape index (κ1) is 23.2. The minimum absolute atomic E-state index is 0.188. The predicted molar refractivity (Wildman–Crippen MR) is 137 cm³/mol. The molecule has 0 aliphatic heterocycles. The summed E-state index contributed by atoms with van der Waals surface area (Å²) in [4.78, 5) is 26.7. The fraction of sp³-hybridized carbons (Fsp3) is 0.222. The SMILES string of the molecule is CCc1cc(-c2c[nH]c3ncc(-c4cc(NC(=O)/C=C/CN(C)C)cc(OC)c4)cc23)ccn1. The Kier molecular flexibility index (Phi) is 7.04. The van der Waals surface area contributed by atoms with Crippen molar-refractivity contribution in [3.63, 3.8) is 0 Å². The number of aromatic nitrogens is 3. The van der Waals surface area contributed by atoms with Crippen molar-refractivity contribution in [1.82, 2.24) is 19.9 Å². The van der Waals surface area contributed by atoms with E-state index >= 15 is 0 Å². The van der Waals surface area contributed by atoms with Crippen LogP contribution in [0.2, 0.25) is 0 Å². The average Bonchev–Trinajstić information content (AvgIpc) is 3.27. The number of likely N-dealkylation sites (N-methyl/N-ethyl adjacent to an activating group) is 1. The Bertz CT molecular complexity index is 1340. The summed E-state index contributed by atoms with van der Waals surface area (Å²) in [7, 11) is 5.52. The van der Waals surface area contributed by atoms with Gasteiger partial charge in [-0.15, -0.1) is 0 Å². The fourth-order valence-electron chi connectivity index (χ4n) is 3.75. The number of aromatic amines is 1. The number of aryl methyl sites for hydroxylation is 1. The third kappa shape index (κ3) is 5.32. The molecule has 3 aromatic heterocycles. The molecule has 4 rings (SSSR count). The molecular formula is C27H29N5O2. The molecule has 7 heteroatoms. The van der Waals surface area contributed by atoms with Gasteiger partial charge in [-0.05, 0) is 62.0 Å². The van der Waals surface area contributed by atoms with E-state index in [1.807, 2.05) is 61.9 Å². The van der Waals surface area contributed by atoms with Crippen molar-refractivity contribution in [3.05, 3.63) is 72.8 Å². The highest BCUT2D eigenvalue weighted by Crippen LogP contribution is 2.33. The maximum atomic E-state index is 12.4. The van der Waals surface area contributed by atoms with Crippen LogP contribution in [0.25, 0.3) is 33.3 Å². The Balaban J connectivity index is 1.69. The van der Waals surface area contributed by atoms with Crippen LogP contribution in [0.15, 0.2) is 67.1 Å². The molecule has 1 aromatic carbocycles. The molecule has 2 N–H and O–H groups in total. The molecule has 0 fully saturated rings. The number of fused-ring (bicyclic) bond motifs is 1. The number of nitrogens with one attached hydrogen (secondary N) is 2.